The van der Waals surface area contributed by atoms with Crippen molar-refractivity contribution in [2.45, 2.75) is 0 Å². The Morgan fingerprint density at radius 1 is 0.750 bits per heavy atom. The molecule has 4 N–H and O–H groups in total. The van der Waals surface area contributed by atoms with Crippen LogP contribution < -0.4 is 11.3 Å². The van der Waals surface area contributed by atoms with Crippen LogP contribution in [-0.4, -0.2) is 16.0 Å². The monoisotopic (exact) mass is 54.1 g/mol. The molecule has 2 nitrogen and oxygen atoms in total. The lowest BCUT2D eigenvalue weighted by molar-refractivity contribution is 2.00. The predicted molar refractivity (Wildman–Crippen MR) is 19.9 cm³/mol. The molecule has 4 radical (unpaired) electrons. The van der Waals surface area contributed by atoms with E-state index in [1.54, 1.807) is 0 Å². The lowest BCUT2D eigenvalue weighted by atomic mass is 10.5. The fraction of sp³-hybridized carbons (Fsp3) is 0. The average Bonchev–Trinajstić information content (AvgIpc) is 1.50. The Balaban J connectivity index is 0. The normalized spacial score (nSPS) is 2.50. The molecular formula is H4B2N2. The standard InChI is InChI=1S/2BH2N/c2*1-2/h2*2H2. The third-order valence-corrected chi connectivity index (χ3v) is 0. The number of hydrogen-bond donors (Lipinski definition) is 2. The third kappa shape index (κ3) is 908. The summed E-state index contributed by atoms with van der Waals surface area (Å²) in [7, 11) is 8.00. The Bertz CT molecular complexity index is 4.00. The van der Waals surface area contributed by atoms with Crippen LogP contribution in [0.3, 0.4) is 0 Å². The number of hydrogen-bond acceptors (Lipinski definition) is 2. The molecular weight excluding hydrogens is 49.6 g/mol. The van der Waals surface area contributed by atoms with E-state index < -0.39 is 0 Å². The van der Waals surface area contributed by atoms with Crippen molar-refractivity contribution in [2.24, 2.45) is 11.3 Å². The number of rotatable bonds is 0. The molecule has 0 spiro atoms. The Kier molecular flexibility index (Phi) is 11500. The van der Waals surface area contributed by atoms with Gasteiger partial charge in [-0.15, -0.1) is 0 Å². The van der Waals surface area contributed by atoms with Crippen LogP contribution >= 0.6 is 0 Å². The van der Waals surface area contributed by atoms with Gasteiger partial charge in [0.15, 0.2) is 16.0 Å². The zero-order valence-electron chi connectivity index (χ0n) is 2.31. The van der Waals surface area contributed by atoms with Gasteiger partial charge in [-0.1, -0.05) is 0 Å². The lowest BCUT2D eigenvalue weighted by Crippen LogP contribution is -1.75. The van der Waals surface area contributed by atoms with E-state index in [2.05, 4.69) is 27.3 Å². The predicted octanol–water partition coefficient (Wildman–Crippen LogP) is -1.94. The second-order valence-corrected chi connectivity index (χ2v) is 0. The maximum absolute atomic E-state index is 4.00. The molecule has 0 saturated carbocycles. The first-order chi connectivity index (χ1) is 2.00. The van der Waals surface area contributed by atoms with Crippen LogP contribution in [0.2, 0.25) is 0 Å². The van der Waals surface area contributed by atoms with Gasteiger partial charge in [-0.2, -0.15) is 0 Å². The van der Waals surface area contributed by atoms with E-state index in [0.29, 0.717) is 0 Å². The van der Waals surface area contributed by atoms with Crippen molar-refractivity contribution in [2.75, 3.05) is 0 Å². The van der Waals surface area contributed by atoms with Crippen molar-refractivity contribution in [3.8, 4) is 0 Å². The zero-order valence-corrected chi connectivity index (χ0v) is 2.31. The molecule has 0 saturated heterocycles. The van der Waals surface area contributed by atoms with Gasteiger partial charge in [-0.25, -0.2) is 0 Å². The van der Waals surface area contributed by atoms with Gasteiger partial charge in [0.2, 0.25) is 0 Å². The molecule has 0 aromatic heterocycles. The molecule has 0 atom stereocenters. The van der Waals surface area contributed by atoms with Crippen LogP contribution in [0.1, 0.15) is 0 Å². The third-order valence-electron chi connectivity index (χ3n) is 0. The highest BCUT2D eigenvalue weighted by Gasteiger charge is 0.936. The lowest BCUT2D eigenvalue weighted by Gasteiger charge is -1.14. The van der Waals surface area contributed by atoms with E-state index in [0.717, 1.165) is 0 Å². The molecule has 0 aliphatic carbocycles. The van der Waals surface area contributed by atoms with Gasteiger partial charge in [-0.05, 0) is 0 Å². The van der Waals surface area contributed by atoms with Crippen molar-refractivity contribution in [3.63, 3.8) is 0 Å². The van der Waals surface area contributed by atoms with Crippen LogP contribution in [0, 0.1) is 0 Å². The van der Waals surface area contributed by atoms with Crippen molar-refractivity contribution >= 4 is 16.0 Å². The van der Waals surface area contributed by atoms with Crippen molar-refractivity contribution in [1.82, 2.24) is 0 Å². The molecule has 0 aliphatic rings. The molecule has 0 amide bonds. The Hall–Kier alpha value is 0.0499. The summed E-state index contributed by atoms with van der Waals surface area (Å²) in [4.78, 5) is 0. The smallest absolute Gasteiger partial charge is 0.174 e. The molecule has 0 bridgehead atoms. The van der Waals surface area contributed by atoms with E-state index in [4.69, 9.17) is 0 Å². The minimum absolute atomic E-state index is 4.00. The second-order valence-electron chi connectivity index (χ2n) is 0. The minimum Gasteiger partial charge on any atom is -0.380 e. The van der Waals surface area contributed by atoms with Crippen molar-refractivity contribution in [3.05, 3.63) is 0 Å². The van der Waals surface area contributed by atoms with E-state index in [1.165, 1.54) is 0 Å². The maximum Gasteiger partial charge on any atom is 0.174 e. The summed E-state index contributed by atoms with van der Waals surface area (Å²) in [5, 5.41) is 0. The molecule has 0 aliphatic heterocycles. The molecule has 20 valence electrons. The van der Waals surface area contributed by atoms with Gasteiger partial charge in [0.25, 0.3) is 0 Å². The average molecular weight is 53.7 g/mol. The van der Waals surface area contributed by atoms with E-state index in [9.17, 15) is 0 Å². The van der Waals surface area contributed by atoms with Gasteiger partial charge in [0, 0.05) is 0 Å². The van der Waals surface area contributed by atoms with Gasteiger partial charge >= 0.3 is 0 Å². The largest absolute Gasteiger partial charge is 0.380 e. The van der Waals surface area contributed by atoms with Crippen molar-refractivity contribution < 1.29 is 0 Å². The number of nitrogens with two attached hydrogens (primary N) is 2. The van der Waals surface area contributed by atoms with Crippen LogP contribution in [0.5, 0.6) is 0 Å². The first-order valence-electron chi connectivity index (χ1n) is 0.667. The van der Waals surface area contributed by atoms with Gasteiger partial charge in [-0.3, -0.25) is 0 Å². The first-order valence-corrected chi connectivity index (χ1v) is 0.667. The summed E-state index contributed by atoms with van der Waals surface area (Å²) in [6.07, 6.45) is 0. The topological polar surface area (TPSA) is 52.0 Å². The summed E-state index contributed by atoms with van der Waals surface area (Å²) in [5.74, 6) is 0. The quantitative estimate of drug-likeness (QED) is 0.316. The van der Waals surface area contributed by atoms with Gasteiger partial charge in [0.1, 0.15) is 0 Å². The van der Waals surface area contributed by atoms with E-state index in [-0.39, 0.29) is 0 Å². The van der Waals surface area contributed by atoms with Crippen LogP contribution in [0.4, 0.5) is 0 Å². The molecule has 0 unspecified atom stereocenters. The van der Waals surface area contributed by atoms with Crippen molar-refractivity contribution in [1.29, 1.82) is 0 Å². The highest BCUT2D eigenvalue weighted by Crippen LogP contribution is 0.352. The van der Waals surface area contributed by atoms with Gasteiger partial charge in [0.05, 0.1) is 0 Å². The summed E-state index contributed by atoms with van der Waals surface area (Å²) in [6.45, 7) is 0. The SMILES string of the molecule is [B]N.[B]N. The minimum atomic E-state index is 4.00. The Morgan fingerprint density at radius 3 is 0.750 bits per heavy atom. The fourth-order valence-electron chi connectivity index (χ4n) is 0. The first kappa shape index (κ1) is 8.97. The summed E-state index contributed by atoms with van der Waals surface area (Å²) in [6, 6.07) is 0. The fourth-order valence-corrected chi connectivity index (χ4v) is 0. The van der Waals surface area contributed by atoms with Crippen LogP contribution in [-0.2, 0) is 0 Å². The molecule has 0 aromatic rings. The summed E-state index contributed by atoms with van der Waals surface area (Å²) >= 11 is 0. The Labute approximate surface area is 28.4 Å². The van der Waals surface area contributed by atoms with Crippen LogP contribution in [0.25, 0.3) is 0 Å². The molecule has 0 aromatic carbocycles. The molecule has 4 heteroatoms. The maximum atomic E-state index is 4.00. The summed E-state index contributed by atoms with van der Waals surface area (Å²) in [5.41, 5.74) is 8.00. The molecule has 0 rings (SSSR count). The molecule has 4 heavy (non-hydrogen) atoms. The second kappa shape index (κ2) is 5150. The van der Waals surface area contributed by atoms with E-state index in [1.807, 2.05) is 0 Å². The Morgan fingerprint density at radius 2 is 0.750 bits per heavy atom. The highest BCUT2D eigenvalue weighted by atomic mass is 14.3. The summed E-state index contributed by atoms with van der Waals surface area (Å²) < 4.78 is 0. The van der Waals surface area contributed by atoms with Gasteiger partial charge < -0.3 is 11.3 Å². The van der Waals surface area contributed by atoms with Crippen LogP contribution in [0.15, 0.2) is 0 Å². The highest BCUT2D eigenvalue weighted by molar-refractivity contribution is 6.02. The molecule has 0 fully saturated rings. The van der Waals surface area contributed by atoms with E-state index >= 15 is 0 Å². The molecule has 0 heterocycles. The zero-order chi connectivity index (χ0) is 4.00.